The average Bonchev–Trinajstić information content (AvgIpc) is 2.54. The summed E-state index contributed by atoms with van der Waals surface area (Å²) in [6.07, 6.45) is 0. The van der Waals surface area contributed by atoms with Crippen LogP contribution in [0.3, 0.4) is 0 Å². The van der Waals surface area contributed by atoms with Crippen molar-refractivity contribution in [2.24, 2.45) is 0 Å². The van der Waals surface area contributed by atoms with Gasteiger partial charge in [-0.15, -0.1) is 0 Å². The number of aliphatic hydroxyl groups is 1. The van der Waals surface area contributed by atoms with Crippen LogP contribution in [0, 0.1) is 5.95 Å². The minimum absolute atomic E-state index is 0.111. The van der Waals surface area contributed by atoms with Gasteiger partial charge in [0.1, 0.15) is 5.69 Å². The number of sulfonamides is 1. The Morgan fingerprint density at radius 3 is 2.50 bits per heavy atom. The van der Waals surface area contributed by atoms with E-state index >= 15 is 0 Å². The number of hydrogen-bond donors (Lipinski definition) is 1. The first-order chi connectivity index (χ1) is 10.4. The van der Waals surface area contributed by atoms with Crippen molar-refractivity contribution >= 4 is 27.6 Å². The van der Waals surface area contributed by atoms with Crippen LogP contribution in [-0.2, 0) is 16.6 Å². The van der Waals surface area contributed by atoms with Crippen molar-refractivity contribution in [2.75, 3.05) is 10.9 Å². The second-order valence-electron chi connectivity index (χ2n) is 3.99. The van der Waals surface area contributed by atoms with E-state index in [2.05, 4.69) is 9.97 Å². The Bertz CT molecular complexity index is 773. The molecular formula is C12H11ClFN3O4S. The molecule has 0 aliphatic carbocycles. The van der Waals surface area contributed by atoms with Crippen LogP contribution >= 0.6 is 11.8 Å². The largest absolute Gasteiger partial charge is 0.478 e. The number of halogens is 2. The summed E-state index contributed by atoms with van der Waals surface area (Å²) in [6.45, 7) is -0.719. The lowest BCUT2D eigenvalue weighted by molar-refractivity contribution is 0.264. The summed E-state index contributed by atoms with van der Waals surface area (Å²) < 4.78 is 43.5. The Balaban J connectivity index is 2.54. The molecule has 0 atom stereocenters. The molecule has 7 nitrogen and oxygen atoms in total. The highest BCUT2D eigenvalue weighted by atomic mass is 35.5. The van der Waals surface area contributed by atoms with E-state index < -0.39 is 28.4 Å². The van der Waals surface area contributed by atoms with Gasteiger partial charge in [-0.1, -0.05) is 18.2 Å². The van der Waals surface area contributed by atoms with Gasteiger partial charge in [-0.05, 0) is 12.1 Å². The van der Waals surface area contributed by atoms with Crippen molar-refractivity contribution in [1.29, 1.82) is 0 Å². The Hall–Kier alpha value is -1.97. The van der Waals surface area contributed by atoms with Crippen molar-refractivity contribution in [1.82, 2.24) is 9.97 Å². The molecule has 1 aromatic heterocycles. The SMILES string of the molecule is COc1nc(CO)c(F)nc1N(Cl)S(=O)(=O)c1ccccc1. The number of benzene rings is 1. The molecule has 0 radical (unpaired) electrons. The van der Waals surface area contributed by atoms with Crippen LogP contribution in [0.5, 0.6) is 5.88 Å². The van der Waals surface area contributed by atoms with E-state index in [0.717, 1.165) is 0 Å². The van der Waals surface area contributed by atoms with Crippen LogP contribution in [0.15, 0.2) is 35.2 Å². The zero-order chi connectivity index (χ0) is 16.3. The third kappa shape index (κ3) is 2.96. The molecule has 0 spiro atoms. The molecule has 0 saturated carbocycles. The molecule has 0 bridgehead atoms. The highest BCUT2D eigenvalue weighted by Crippen LogP contribution is 2.31. The van der Waals surface area contributed by atoms with Crippen molar-refractivity contribution in [2.45, 2.75) is 11.5 Å². The standard InChI is InChI=1S/C12H11ClFN3O4S/c1-21-12-11(16-10(14)9(7-18)15-12)17(13)22(19,20)8-5-3-2-4-6-8/h2-6,18H,7H2,1H3. The van der Waals surface area contributed by atoms with Crippen molar-refractivity contribution < 1.29 is 22.7 Å². The highest BCUT2D eigenvalue weighted by Gasteiger charge is 2.29. The van der Waals surface area contributed by atoms with Gasteiger partial charge in [0.05, 0.1) is 18.6 Å². The topological polar surface area (TPSA) is 92.6 Å². The number of rotatable bonds is 5. The third-order valence-electron chi connectivity index (χ3n) is 2.63. The van der Waals surface area contributed by atoms with E-state index in [1.807, 2.05) is 0 Å². The lowest BCUT2D eigenvalue weighted by Crippen LogP contribution is -2.24. The molecule has 0 aliphatic rings. The minimum Gasteiger partial charge on any atom is -0.478 e. The highest BCUT2D eigenvalue weighted by molar-refractivity contribution is 7.94. The summed E-state index contributed by atoms with van der Waals surface area (Å²) in [7, 11) is -2.99. The van der Waals surface area contributed by atoms with Gasteiger partial charge < -0.3 is 9.84 Å². The van der Waals surface area contributed by atoms with Crippen molar-refractivity contribution in [3.63, 3.8) is 0 Å². The van der Waals surface area contributed by atoms with Crippen LogP contribution in [-0.4, -0.2) is 30.6 Å². The summed E-state index contributed by atoms with van der Waals surface area (Å²) in [5.41, 5.74) is -0.386. The molecule has 1 aromatic carbocycles. The van der Waals surface area contributed by atoms with Crippen LogP contribution < -0.4 is 8.56 Å². The zero-order valence-corrected chi connectivity index (χ0v) is 12.8. The minimum atomic E-state index is -4.17. The molecule has 1 N–H and O–H groups in total. The maximum absolute atomic E-state index is 13.6. The Labute approximate surface area is 131 Å². The lowest BCUT2D eigenvalue weighted by atomic mass is 10.4. The first-order valence-electron chi connectivity index (χ1n) is 5.89. The molecule has 0 saturated heterocycles. The van der Waals surface area contributed by atoms with Crippen LogP contribution in [0.4, 0.5) is 10.2 Å². The second kappa shape index (κ2) is 6.42. The van der Waals surface area contributed by atoms with E-state index in [4.69, 9.17) is 21.6 Å². The van der Waals surface area contributed by atoms with Gasteiger partial charge in [0.15, 0.2) is 0 Å². The summed E-state index contributed by atoms with van der Waals surface area (Å²) in [4.78, 5) is 6.93. The molecule has 0 fully saturated rings. The van der Waals surface area contributed by atoms with Gasteiger partial charge in [-0.3, -0.25) is 0 Å². The maximum Gasteiger partial charge on any atom is 0.279 e. The summed E-state index contributed by atoms with van der Waals surface area (Å²) >= 11 is 5.82. The molecule has 0 unspecified atom stereocenters. The van der Waals surface area contributed by atoms with E-state index in [9.17, 15) is 12.8 Å². The molecule has 2 rings (SSSR count). The fraction of sp³-hybridized carbons (Fsp3) is 0.167. The van der Waals surface area contributed by atoms with Gasteiger partial charge in [0.25, 0.3) is 15.9 Å². The molecule has 10 heteroatoms. The number of aliphatic hydroxyl groups excluding tert-OH is 1. The third-order valence-corrected chi connectivity index (χ3v) is 4.80. The van der Waals surface area contributed by atoms with Crippen LogP contribution in [0.25, 0.3) is 0 Å². The van der Waals surface area contributed by atoms with E-state index in [0.29, 0.717) is 0 Å². The zero-order valence-electron chi connectivity index (χ0n) is 11.3. The predicted octanol–water partition coefficient (Wildman–Crippen LogP) is 1.47. The lowest BCUT2D eigenvalue weighted by Gasteiger charge is -2.17. The predicted molar refractivity (Wildman–Crippen MR) is 76.4 cm³/mol. The second-order valence-corrected chi connectivity index (χ2v) is 6.31. The molecule has 2 aromatic rings. The number of ether oxygens (including phenoxy) is 1. The molecule has 0 amide bonds. The summed E-state index contributed by atoms with van der Waals surface area (Å²) in [5, 5.41) is 8.94. The number of hydrogen-bond acceptors (Lipinski definition) is 6. The van der Waals surface area contributed by atoms with Crippen molar-refractivity contribution in [3.05, 3.63) is 42.0 Å². The molecule has 118 valence electrons. The Kier molecular flexibility index (Phi) is 4.79. The van der Waals surface area contributed by atoms with E-state index in [-0.39, 0.29) is 20.3 Å². The number of aromatic nitrogens is 2. The molecule has 1 heterocycles. The quantitative estimate of drug-likeness (QED) is 0.823. The van der Waals surface area contributed by atoms with Crippen LogP contribution in [0.1, 0.15) is 5.69 Å². The molecular weight excluding hydrogens is 337 g/mol. The van der Waals surface area contributed by atoms with Gasteiger partial charge in [0, 0.05) is 11.8 Å². The monoisotopic (exact) mass is 347 g/mol. The average molecular weight is 348 g/mol. The van der Waals surface area contributed by atoms with Gasteiger partial charge in [-0.25, -0.2) is 4.98 Å². The normalized spacial score (nSPS) is 11.3. The van der Waals surface area contributed by atoms with Gasteiger partial charge in [0.2, 0.25) is 11.8 Å². The van der Waals surface area contributed by atoms with Gasteiger partial charge >= 0.3 is 0 Å². The molecule has 0 aliphatic heterocycles. The number of nitrogens with zero attached hydrogens (tertiary/aromatic N) is 3. The summed E-state index contributed by atoms with van der Waals surface area (Å²) in [5.74, 6) is -2.02. The van der Waals surface area contributed by atoms with E-state index in [1.54, 1.807) is 6.07 Å². The molecule has 22 heavy (non-hydrogen) atoms. The van der Waals surface area contributed by atoms with Crippen molar-refractivity contribution in [3.8, 4) is 5.88 Å². The van der Waals surface area contributed by atoms with E-state index in [1.165, 1.54) is 31.4 Å². The fourth-order valence-electron chi connectivity index (χ4n) is 1.57. The Morgan fingerprint density at radius 1 is 1.32 bits per heavy atom. The maximum atomic E-state index is 13.6. The Morgan fingerprint density at radius 2 is 1.95 bits per heavy atom. The smallest absolute Gasteiger partial charge is 0.279 e. The number of anilines is 1. The van der Waals surface area contributed by atoms with Gasteiger partial charge in [-0.2, -0.15) is 21.6 Å². The first-order valence-corrected chi connectivity index (χ1v) is 7.67. The fourth-order valence-corrected chi connectivity index (χ4v) is 2.96. The number of methoxy groups -OCH3 is 1. The summed E-state index contributed by atoms with van der Waals surface area (Å²) in [6, 6.07) is 7.30. The first kappa shape index (κ1) is 16.4. The van der Waals surface area contributed by atoms with Crippen LogP contribution in [0.2, 0.25) is 0 Å².